The van der Waals surface area contributed by atoms with Gasteiger partial charge in [0, 0.05) is 11.6 Å². The number of benzene rings is 2. The van der Waals surface area contributed by atoms with Crippen LogP contribution >= 0.6 is 0 Å². The van der Waals surface area contributed by atoms with E-state index in [-0.39, 0.29) is 11.5 Å². The Morgan fingerprint density at radius 2 is 1.45 bits per heavy atom. The van der Waals surface area contributed by atoms with Gasteiger partial charge in [-0.15, -0.1) is 0 Å². The minimum atomic E-state index is 0.141. The van der Waals surface area contributed by atoms with E-state index in [0.717, 1.165) is 36.0 Å². The quantitative estimate of drug-likeness (QED) is 0.861. The van der Waals surface area contributed by atoms with Gasteiger partial charge >= 0.3 is 0 Å². The second kappa shape index (κ2) is 6.00. The van der Waals surface area contributed by atoms with Crippen LogP contribution in [0.3, 0.4) is 0 Å². The molecule has 0 fully saturated rings. The smallest absolute Gasteiger partial charge is 0.127 e. The summed E-state index contributed by atoms with van der Waals surface area (Å²) in [6, 6.07) is 9.57. The van der Waals surface area contributed by atoms with Crippen molar-refractivity contribution in [2.45, 2.75) is 40.0 Å². The van der Waals surface area contributed by atoms with Crippen LogP contribution < -0.4 is 0 Å². The van der Waals surface area contributed by atoms with E-state index in [4.69, 9.17) is 0 Å². The van der Waals surface area contributed by atoms with Crippen molar-refractivity contribution >= 4 is 0 Å². The molecule has 0 aromatic heterocycles. The first-order chi connectivity index (χ1) is 9.62. The fourth-order valence-electron chi connectivity index (χ4n) is 2.76. The topological polar surface area (TPSA) is 40.5 Å². The zero-order valence-corrected chi connectivity index (χ0v) is 12.4. The van der Waals surface area contributed by atoms with Gasteiger partial charge in [0.1, 0.15) is 11.5 Å². The standard InChI is InChI=1S/C18H22O2/c1-4-12-8-7-9-15(14(12)6-3)16-10-13(5-2)17(19)11-18(16)20/h7-11,19-20H,4-6H2,1-3H3. The van der Waals surface area contributed by atoms with Gasteiger partial charge in [-0.1, -0.05) is 39.0 Å². The maximum absolute atomic E-state index is 10.2. The Balaban J connectivity index is 2.68. The number of hydrogen-bond donors (Lipinski definition) is 2. The van der Waals surface area contributed by atoms with E-state index in [1.54, 1.807) is 0 Å². The molecule has 0 aliphatic rings. The molecule has 0 radical (unpaired) electrons. The monoisotopic (exact) mass is 270 g/mol. The van der Waals surface area contributed by atoms with Gasteiger partial charge in [-0.25, -0.2) is 0 Å². The van der Waals surface area contributed by atoms with Crippen LogP contribution in [0.25, 0.3) is 11.1 Å². The van der Waals surface area contributed by atoms with E-state index in [2.05, 4.69) is 19.9 Å². The van der Waals surface area contributed by atoms with E-state index < -0.39 is 0 Å². The molecule has 2 aromatic carbocycles. The minimum absolute atomic E-state index is 0.141. The molecule has 0 saturated carbocycles. The molecule has 2 aromatic rings. The zero-order valence-electron chi connectivity index (χ0n) is 12.4. The third-order valence-corrected chi connectivity index (χ3v) is 3.88. The van der Waals surface area contributed by atoms with Crippen molar-refractivity contribution in [3.8, 4) is 22.6 Å². The Morgan fingerprint density at radius 1 is 0.750 bits per heavy atom. The van der Waals surface area contributed by atoms with Crippen molar-refractivity contribution in [3.63, 3.8) is 0 Å². The molecule has 0 spiro atoms. The van der Waals surface area contributed by atoms with E-state index in [9.17, 15) is 10.2 Å². The summed E-state index contributed by atoms with van der Waals surface area (Å²) in [5.41, 5.74) is 5.33. The van der Waals surface area contributed by atoms with Gasteiger partial charge in [0.25, 0.3) is 0 Å². The van der Waals surface area contributed by atoms with Gasteiger partial charge < -0.3 is 10.2 Å². The second-order valence-corrected chi connectivity index (χ2v) is 5.00. The Hall–Kier alpha value is -1.96. The first kappa shape index (κ1) is 14.4. The highest BCUT2D eigenvalue weighted by Crippen LogP contribution is 2.37. The number of phenolic OH excluding ortho intramolecular Hbond substituents is 2. The fraction of sp³-hybridized carbons (Fsp3) is 0.333. The van der Waals surface area contributed by atoms with Crippen molar-refractivity contribution in [2.24, 2.45) is 0 Å². The van der Waals surface area contributed by atoms with Crippen molar-refractivity contribution < 1.29 is 10.2 Å². The molecular weight excluding hydrogens is 248 g/mol. The van der Waals surface area contributed by atoms with Crippen molar-refractivity contribution in [3.05, 3.63) is 47.0 Å². The number of hydrogen-bond acceptors (Lipinski definition) is 2. The van der Waals surface area contributed by atoms with Gasteiger partial charge in [-0.05, 0) is 47.6 Å². The van der Waals surface area contributed by atoms with Gasteiger partial charge in [-0.2, -0.15) is 0 Å². The van der Waals surface area contributed by atoms with Crippen LogP contribution in [0.2, 0.25) is 0 Å². The molecule has 2 rings (SSSR count). The molecule has 2 nitrogen and oxygen atoms in total. The van der Waals surface area contributed by atoms with Gasteiger partial charge in [0.15, 0.2) is 0 Å². The SMILES string of the molecule is CCc1cc(-c2cccc(CC)c2CC)c(O)cc1O. The summed E-state index contributed by atoms with van der Waals surface area (Å²) in [5.74, 6) is 0.307. The average molecular weight is 270 g/mol. The normalized spacial score (nSPS) is 10.8. The summed E-state index contributed by atoms with van der Waals surface area (Å²) < 4.78 is 0. The van der Waals surface area contributed by atoms with Crippen LogP contribution in [0.1, 0.15) is 37.5 Å². The molecule has 2 heteroatoms. The lowest BCUT2D eigenvalue weighted by molar-refractivity contribution is 0.447. The van der Waals surface area contributed by atoms with Crippen LogP contribution in [-0.2, 0) is 19.3 Å². The Morgan fingerprint density at radius 3 is 2.05 bits per heavy atom. The first-order valence-electron chi connectivity index (χ1n) is 7.28. The lowest BCUT2D eigenvalue weighted by Crippen LogP contribution is -1.96. The molecule has 0 unspecified atom stereocenters. The maximum Gasteiger partial charge on any atom is 0.127 e. The predicted octanol–water partition coefficient (Wildman–Crippen LogP) is 4.45. The molecular formula is C18H22O2. The van der Waals surface area contributed by atoms with E-state index in [1.807, 2.05) is 25.1 Å². The van der Waals surface area contributed by atoms with Crippen LogP contribution in [0.15, 0.2) is 30.3 Å². The second-order valence-electron chi connectivity index (χ2n) is 5.00. The fourth-order valence-corrected chi connectivity index (χ4v) is 2.76. The summed E-state index contributed by atoms with van der Waals surface area (Å²) in [7, 11) is 0. The molecule has 2 N–H and O–H groups in total. The maximum atomic E-state index is 10.2. The minimum Gasteiger partial charge on any atom is -0.508 e. The van der Waals surface area contributed by atoms with Crippen molar-refractivity contribution in [1.82, 2.24) is 0 Å². The van der Waals surface area contributed by atoms with Crippen LogP contribution in [0.5, 0.6) is 11.5 Å². The van der Waals surface area contributed by atoms with E-state index in [1.165, 1.54) is 17.2 Å². The summed E-state index contributed by atoms with van der Waals surface area (Å²) in [6.45, 7) is 6.28. The number of aryl methyl sites for hydroxylation is 2. The molecule has 0 heterocycles. The average Bonchev–Trinajstić information content (AvgIpc) is 2.46. The van der Waals surface area contributed by atoms with E-state index in [0.29, 0.717) is 0 Å². The third kappa shape index (κ3) is 2.51. The van der Waals surface area contributed by atoms with Crippen LogP contribution in [-0.4, -0.2) is 10.2 Å². The number of phenols is 2. The number of aromatic hydroxyl groups is 2. The Kier molecular flexibility index (Phi) is 4.33. The summed E-state index contributed by atoms with van der Waals surface area (Å²) in [6.07, 6.45) is 2.66. The molecule has 0 saturated heterocycles. The Labute approximate surface area is 120 Å². The Bertz CT molecular complexity index is 615. The highest BCUT2D eigenvalue weighted by molar-refractivity contribution is 5.76. The van der Waals surface area contributed by atoms with Crippen molar-refractivity contribution in [2.75, 3.05) is 0 Å². The summed E-state index contributed by atoms with van der Waals surface area (Å²) >= 11 is 0. The highest BCUT2D eigenvalue weighted by atomic mass is 16.3. The lowest BCUT2D eigenvalue weighted by Gasteiger charge is -2.15. The first-order valence-corrected chi connectivity index (χ1v) is 7.28. The lowest BCUT2D eigenvalue weighted by atomic mass is 9.91. The van der Waals surface area contributed by atoms with Gasteiger partial charge in [-0.3, -0.25) is 0 Å². The predicted molar refractivity (Wildman–Crippen MR) is 83.3 cm³/mol. The van der Waals surface area contributed by atoms with Crippen LogP contribution in [0.4, 0.5) is 0 Å². The molecule has 0 atom stereocenters. The molecule has 0 aliphatic carbocycles. The largest absolute Gasteiger partial charge is 0.508 e. The molecule has 106 valence electrons. The van der Waals surface area contributed by atoms with E-state index >= 15 is 0 Å². The molecule has 20 heavy (non-hydrogen) atoms. The van der Waals surface area contributed by atoms with Crippen molar-refractivity contribution in [1.29, 1.82) is 0 Å². The molecule has 0 aliphatic heterocycles. The highest BCUT2D eigenvalue weighted by Gasteiger charge is 2.13. The van der Waals surface area contributed by atoms with Gasteiger partial charge in [0.05, 0.1) is 0 Å². The molecule has 0 bridgehead atoms. The zero-order chi connectivity index (χ0) is 14.7. The molecule has 0 amide bonds. The van der Waals surface area contributed by atoms with Crippen LogP contribution in [0, 0.1) is 0 Å². The summed E-state index contributed by atoms with van der Waals surface area (Å²) in [4.78, 5) is 0. The number of rotatable bonds is 4. The summed E-state index contributed by atoms with van der Waals surface area (Å²) in [5, 5.41) is 20.0. The van der Waals surface area contributed by atoms with Gasteiger partial charge in [0.2, 0.25) is 0 Å². The third-order valence-electron chi connectivity index (χ3n) is 3.88.